The van der Waals surface area contributed by atoms with Crippen LogP contribution in [0.1, 0.15) is 15.5 Å². The Morgan fingerprint density at radius 1 is 1.18 bits per heavy atom. The van der Waals surface area contributed by atoms with Gasteiger partial charge in [-0.05, 0) is 18.2 Å². The van der Waals surface area contributed by atoms with Crippen molar-refractivity contribution in [1.82, 2.24) is 15.2 Å². The fourth-order valence-corrected chi connectivity index (χ4v) is 3.74. The van der Waals surface area contributed by atoms with Crippen LogP contribution in [0.2, 0.25) is 0 Å². The Labute approximate surface area is 134 Å². The van der Waals surface area contributed by atoms with E-state index in [4.69, 9.17) is 0 Å². The fourth-order valence-electron chi connectivity index (χ4n) is 1.81. The Kier molecular flexibility index (Phi) is 4.45. The van der Waals surface area contributed by atoms with Gasteiger partial charge in [0, 0.05) is 26.5 Å². The smallest absolute Gasteiger partial charge is 0.267 e. The van der Waals surface area contributed by atoms with Crippen LogP contribution in [0.15, 0.2) is 57.9 Å². The molecule has 0 unspecified atom stereocenters. The summed E-state index contributed by atoms with van der Waals surface area (Å²) >= 11 is 3.10. The van der Waals surface area contributed by atoms with E-state index in [1.54, 1.807) is 11.8 Å². The Hall–Kier alpha value is -2.25. The summed E-state index contributed by atoms with van der Waals surface area (Å²) in [5, 5.41) is 8.04. The molecule has 1 N–H and O–H groups in total. The number of thiophene rings is 1. The Morgan fingerprint density at radius 3 is 2.73 bits per heavy atom. The number of nitrogens with zero attached hydrogens (tertiary/aromatic N) is 2. The number of aromatic nitrogens is 3. The highest BCUT2D eigenvalue weighted by Gasteiger charge is 2.20. The molecule has 0 fully saturated rings. The number of hydrogen-bond donors (Lipinski definition) is 1. The first-order valence-electron chi connectivity index (χ1n) is 6.46. The summed E-state index contributed by atoms with van der Waals surface area (Å²) in [6, 6.07) is 11.9. The molecule has 7 heteroatoms. The van der Waals surface area contributed by atoms with Crippen LogP contribution >= 0.6 is 23.1 Å². The Morgan fingerprint density at radius 2 is 2.00 bits per heavy atom. The molecule has 0 aliphatic heterocycles. The van der Waals surface area contributed by atoms with E-state index in [1.807, 2.05) is 41.8 Å². The third kappa shape index (κ3) is 3.49. The molecule has 0 atom stereocenters. The average molecular weight is 329 g/mol. The summed E-state index contributed by atoms with van der Waals surface area (Å²) in [5.41, 5.74) is 0. The lowest BCUT2D eigenvalue weighted by Crippen LogP contribution is -2.17. The van der Waals surface area contributed by atoms with Crippen molar-refractivity contribution in [1.29, 1.82) is 0 Å². The second-order valence-electron chi connectivity index (χ2n) is 4.42. The van der Waals surface area contributed by atoms with E-state index >= 15 is 0 Å². The quantitative estimate of drug-likeness (QED) is 0.556. The molecule has 5 nitrogen and oxygen atoms in total. The Balaban J connectivity index is 1.64. The number of ketones is 2. The van der Waals surface area contributed by atoms with Crippen LogP contribution in [0.5, 0.6) is 0 Å². The van der Waals surface area contributed by atoms with E-state index in [1.165, 1.54) is 17.7 Å². The number of aromatic amines is 1. The molecule has 0 aliphatic rings. The highest BCUT2D eigenvalue weighted by atomic mass is 32.2. The molecule has 2 aromatic heterocycles. The number of nitrogens with one attached hydrogen (secondary N) is 1. The predicted octanol–water partition coefficient (Wildman–Crippen LogP) is 3.01. The monoisotopic (exact) mass is 329 g/mol. The molecule has 0 spiro atoms. The molecule has 2 heterocycles. The molecule has 0 radical (unpaired) electrons. The van der Waals surface area contributed by atoms with Crippen molar-refractivity contribution in [2.24, 2.45) is 0 Å². The van der Waals surface area contributed by atoms with Crippen molar-refractivity contribution in [3.05, 3.63) is 58.8 Å². The lowest BCUT2D eigenvalue weighted by molar-refractivity contribution is -0.114. The van der Waals surface area contributed by atoms with Gasteiger partial charge in [0.1, 0.15) is 6.33 Å². The maximum Gasteiger partial charge on any atom is 0.267 e. The number of carbonyl (C=O) groups is 2. The summed E-state index contributed by atoms with van der Waals surface area (Å²) < 4.78 is 0. The minimum absolute atomic E-state index is 0.0768. The van der Waals surface area contributed by atoms with Gasteiger partial charge in [-0.25, -0.2) is 4.98 Å². The molecule has 0 bridgehead atoms. The third-order valence-electron chi connectivity index (χ3n) is 2.81. The van der Waals surface area contributed by atoms with E-state index in [-0.39, 0.29) is 12.2 Å². The molecule has 0 saturated carbocycles. The lowest BCUT2D eigenvalue weighted by Gasteiger charge is -1.97. The van der Waals surface area contributed by atoms with Crippen molar-refractivity contribution in [2.45, 2.75) is 16.2 Å². The first kappa shape index (κ1) is 14.7. The van der Waals surface area contributed by atoms with Gasteiger partial charge in [0.25, 0.3) is 5.78 Å². The second kappa shape index (κ2) is 6.67. The van der Waals surface area contributed by atoms with Gasteiger partial charge in [0.15, 0.2) is 0 Å². The van der Waals surface area contributed by atoms with Crippen LogP contribution in [-0.4, -0.2) is 26.7 Å². The van der Waals surface area contributed by atoms with Gasteiger partial charge in [0.2, 0.25) is 11.6 Å². The zero-order valence-electron chi connectivity index (χ0n) is 11.4. The van der Waals surface area contributed by atoms with Crippen LogP contribution in [-0.2, 0) is 11.2 Å². The van der Waals surface area contributed by atoms with Crippen LogP contribution in [0.4, 0.5) is 0 Å². The van der Waals surface area contributed by atoms with Crippen molar-refractivity contribution in [3.8, 4) is 0 Å². The van der Waals surface area contributed by atoms with E-state index < -0.39 is 11.6 Å². The second-order valence-corrected chi connectivity index (χ2v) is 6.56. The van der Waals surface area contributed by atoms with E-state index in [9.17, 15) is 9.59 Å². The van der Waals surface area contributed by atoms with Crippen molar-refractivity contribution >= 4 is 34.7 Å². The molecule has 3 aromatic rings. The largest absolute Gasteiger partial charge is 0.290 e. The van der Waals surface area contributed by atoms with Gasteiger partial charge in [-0.15, -0.1) is 16.4 Å². The van der Waals surface area contributed by atoms with E-state index in [0.717, 1.165) is 14.7 Å². The maximum atomic E-state index is 11.9. The number of carbonyl (C=O) groups excluding carboxylic acids is 2. The molecule has 0 saturated heterocycles. The summed E-state index contributed by atoms with van der Waals surface area (Å²) in [5.74, 6) is -1.25. The number of rotatable bonds is 6. The van der Waals surface area contributed by atoms with Gasteiger partial charge in [-0.1, -0.05) is 30.0 Å². The fraction of sp³-hybridized carbons (Fsp3) is 0.0667. The van der Waals surface area contributed by atoms with E-state index in [2.05, 4.69) is 15.2 Å². The number of H-pyrrole nitrogens is 1. The van der Waals surface area contributed by atoms with Gasteiger partial charge in [-0.3, -0.25) is 14.7 Å². The number of Topliss-reactive ketones (excluding diaryl/α,β-unsaturated/α-hetero) is 2. The highest BCUT2D eigenvalue weighted by molar-refractivity contribution is 7.99. The van der Waals surface area contributed by atoms with E-state index in [0.29, 0.717) is 0 Å². The number of hydrogen-bond acceptors (Lipinski definition) is 6. The van der Waals surface area contributed by atoms with Crippen LogP contribution < -0.4 is 0 Å². The first-order valence-corrected chi connectivity index (χ1v) is 8.15. The van der Waals surface area contributed by atoms with Gasteiger partial charge in [-0.2, -0.15) is 0 Å². The zero-order valence-corrected chi connectivity index (χ0v) is 13.0. The van der Waals surface area contributed by atoms with Gasteiger partial charge >= 0.3 is 0 Å². The minimum atomic E-state index is -0.660. The summed E-state index contributed by atoms with van der Waals surface area (Å²) in [4.78, 5) is 30.5. The van der Waals surface area contributed by atoms with Crippen LogP contribution in [0.25, 0.3) is 0 Å². The molecule has 3 rings (SSSR count). The highest BCUT2D eigenvalue weighted by Crippen LogP contribution is 2.31. The topological polar surface area (TPSA) is 75.7 Å². The third-order valence-corrected chi connectivity index (χ3v) is 4.88. The Bertz CT molecular complexity index is 782. The van der Waals surface area contributed by atoms with Crippen molar-refractivity contribution < 1.29 is 9.59 Å². The van der Waals surface area contributed by atoms with Crippen molar-refractivity contribution in [3.63, 3.8) is 0 Å². The molecule has 1 aromatic carbocycles. The standard InChI is InChI=1S/C15H11N3O2S2/c19-13(14(20)15-16-9-17-18-15)7-11-6-12(8-21-11)22-10-4-2-1-3-5-10/h1-6,8-9H,7H2,(H,16,17,18). The molecule has 0 aliphatic carbocycles. The maximum absolute atomic E-state index is 11.9. The molecular weight excluding hydrogens is 318 g/mol. The normalized spacial score (nSPS) is 10.5. The van der Waals surface area contributed by atoms with Gasteiger partial charge in [0.05, 0.1) is 0 Å². The number of benzene rings is 1. The predicted molar refractivity (Wildman–Crippen MR) is 84.3 cm³/mol. The molecular formula is C15H11N3O2S2. The van der Waals surface area contributed by atoms with Gasteiger partial charge < -0.3 is 0 Å². The minimum Gasteiger partial charge on any atom is -0.290 e. The SMILES string of the molecule is O=C(Cc1cc(Sc2ccccc2)cs1)C(=O)c1nc[nH]n1. The summed E-state index contributed by atoms with van der Waals surface area (Å²) in [6.07, 6.45) is 1.35. The summed E-state index contributed by atoms with van der Waals surface area (Å²) in [7, 11) is 0. The first-order chi connectivity index (χ1) is 10.7. The zero-order chi connectivity index (χ0) is 15.4. The van der Waals surface area contributed by atoms with Crippen LogP contribution in [0.3, 0.4) is 0 Å². The van der Waals surface area contributed by atoms with Crippen molar-refractivity contribution in [2.75, 3.05) is 0 Å². The molecule has 0 amide bonds. The lowest BCUT2D eigenvalue weighted by atomic mass is 10.1. The molecule has 110 valence electrons. The summed E-state index contributed by atoms with van der Waals surface area (Å²) in [6.45, 7) is 0. The molecule has 22 heavy (non-hydrogen) atoms. The average Bonchev–Trinajstić information content (AvgIpc) is 3.19. The van der Waals surface area contributed by atoms with Crippen LogP contribution in [0, 0.1) is 0 Å².